The zero-order valence-corrected chi connectivity index (χ0v) is 12.5. The molecule has 0 amide bonds. The molecule has 0 saturated heterocycles. The first kappa shape index (κ1) is 14.1. The fraction of sp³-hybridized carbons (Fsp3) is 0.250. The minimum Gasteiger partial charge on any atom is -0.497 e. The van der Waals surface area contributed by atoms with E-state index in [4.69, 9.17) is 15.2 Å². The summed E-state index contributed by atoms with van der Waals surface area (Å²) in [6, 6.07) is 14.6. The molecule has 2 N–H and O–H groups in total. The van der Waals surface area contributed by atoms with Gasteiger partial charge in [-0.3, -0.25) is 4.21 Å². The number of methoxy groups -OCH3 is 1. The van der Waals surface area contributed by atoms with Crippen LogP contribution in [-0.2, 0) is 10.8 Å². The Bertz CT molecular complexity index is 657. The van der Waals surface area contributed by atoms with Crippen LogP contribution in [0.25, 0.3) is 0 Å². The summed E-state index contributed by atoms with van der Waals surface area (Å²) in [6.45, 7) is 0.358. The average molecular weight is 303 g/mol. The number of para-hydroxylation sites is 1. The molecule has 1 aliphatic heterocycles. The maximum Gasteiger partial charge on any atom is 0.124 e. The highest BCUT2D eigenvalue weighted by Gasteiger charge is 2.33. The lowest BCUT2D eigenvalue weighted by Gasteiger charge is -2.30. The van der Waals surface area contributed by atoms with Gasteiger partial charge >= 0.3 is 0 Å². The number of nitrogens with two attached hydrogens (primary N) is 1. The molecular formula is C16H17NO3S. The van der Waals surface area contributed by atoms with Crippen LogP contribution in [0.3, 0.4) is 0 Å². The number of ether oxygens (including phenoxy) is 2. The van der Waals surface area contributed by atoms with E-state index in [1.165, 1.54) is 0 Å². The third-order valence-corrected chi connectivity index (χ3v) is 5.36. The molecule has 1 heterocycles. The Morgan fingerprint density at radius 1 is 1.19 bits per heavy atom. The number of benzene rings is 2. The number of hydrogen-bond donors (Lipinski definition) is 1. The molecule has 0 saturated carbocycles. The first-order valence-electron chi connectivity index (χ1n) is 6.72. The molecule has 21 heavy (non-hydrogen) atoms. The van der Waals surface area contributed by atoms with Crippen molar-refractivity contribution in [1.82, 2.24) is 0 Å². The van der Waals surface area contributed by atoms with Crippen LogP contribution in [0.15, 0.2) is 53.4 Å². The number of hydrogen-bond acceptors (Lipinski definition) is 4. The molecule has 0 radical (unpaired) electrons. The van der Waals surface area contributed by atoms with Gasteiger partial charge in [0.25, 0.3) is 0 Å². The molecular weight excluding hydrogens is 286 g/mol. The summed E-state index contributed by atoms with van der Waals surface area (Å²) in [7, 11) is 0.382. The lowest BCUT2D eigenvalue weighted by molar-refractivity contribution is 0.273. The van der Waals surface area contributed by atoms with Crippen molar-refractivity contribution in [3.8, 4) is 11.5 Å². The van der Waals surface area contributed by atoms with Gasteiger partial charge in [0, 0.05) is 10.5 Å². The smallest absolute Gasteiger partial charge is 0.124 e. The molecule has 3 unspecified atom stereocenters. The lowest BCUT2D eigenvalue weighted by atomic mass is 10.0. The quantitative estimate of drug-likeness (QED) is 0.945. The van der Waals surface area contributed by atoms with Gasteiger partial charge in [-0.1, -0.05) is 18.2 Å². The van der Waals surface area contributed by atoms with E-state index in [0.29, 0.717) is 6.61 Å². The summed E-state index contributed by atoms with van der Waals surface area (Å²) in [5.41, 5.74) is 7.20. The highest BCUT2D eigenvalue weighted by molar-refractivity contribution is 7.85. The molecule has 110 valence electrons. The highest BCUT2D eigenvalue weighted by Crippen LogP contribution is 2.34. The summed E-state index contributed by atoms with van der Waals surface area (Å²) < 4.78 is 23.5. The fourth-order valence-electron chi connectivity index (χ4n) is 2.44. The Morgan fingerprint density at radius 2 is 1.90 bits per heavy atom. The van der Waals surface area contributed by atoms with Crippen LogP contribution in [0, 0.1) is 0 Å². The van der Waals surface area contributed by atoms with Crippen molar-refractivity contribution in [1.29, 1.82) is 0 Å². The molecule has 0 spiro atoms. The van der Waals surface area contributed by atoms with Gasteiger partial charge in [0.2, 0.25) is 0 Å². The van der Waals surface area contributed by atoms with Gasteiger partial charge in [-0.2, -0.15) is 0 Å². The third kappa shape index (κ3) is 2.66. The first-order valence-corrected chi connectivity index (χ1v) is 7.94. The van der Waals surface area contributed by atoms with E-state index in [-0.39, 0.29) is 11.3 Å². The largest absolute Gasteiger partial charge is 0.497 e. The Balaban J connectivity index is 1.85. The lowest BCUT2D eigenvalue weighted by Crippen LogP contribution is -2.39. The molecule has 0 bridgehead atoms. The van der Waals surface area contributed by atoms with Crippen LogP contribution in [0.2, 0.25) is 0 Å². The van der Waals surface area contributed by atoms with Crippen LogP contribution in [0.1, 0.15) is 11.6 Å². The first-order chi connectivity index (χ1) is 10.2. The van der Waals surface area contributed by atoms with Gasteiger partial charge in [-0.05, 0) is 30.3 Å². The molecule has 2 aromatic rings. The van der Waals surface area contributed by atoms with Gasteiger partial charge in [0.05, 0.1) is 29.2 Å². The summed E-state index contributed by atoms with van der Waals surface area (Å²) in [5.74, 6) is 1.53. The zero-order valence-electron chi connectivity index (χ0n) is 11.7. The maximum atomic E-state index is 12.7. The van der Waals surface area contributed by atoms with Crippen molar-refractivity contribution in [3.63, 3.8) is 0 Å². The number of rotatable bonds is 3. The number of fused-ring (bicyclic) bond motifs is 1. The minimum absolute atomic E-state index is 0.256. The van der Waals surface area contributed by atoms with Gasteiger partial charge in [-0.15, -0.1) is 0 Å². The summed E-state index contributed by atoms with van der Waals surface area (Å²) in [5, 5.41) is -0.256. The molecule has 0 fully saturated rings. The van der Waals surface area contributed by atoms with Crippen LogP contribution in [0.5, 0.6) is 11.5 Å². The van der Waals surface area contributed by atoms with Gasteiger partial charge in [0.15, 0.2) is 0 Å². The minimum atomic E-state index is -1.22. The molecule has 3 rings (SSSR count). The maximum absolute atomic E-state index is 12.7. The monoisotopic (exact) mass is 303 g/mol. The predicted molar refractivity (Wildman–Crippen MR) is 82.1 cm³/mol. The SMILES string of the molecule is COc1ccc(S(=O)C2COc3ccccc3C2N)cc1. The standard InChI is InChI=1S/C16H17NO3S/c1-19-11-6-8-12(9-7-11)21(18)15-10-20-14-5-3-2-4-13(14)16(15)17/h2-9,15-16H,10,17H2,1H3. The Morgan fingerprint density at radius 3 is 2.62 bits per heavy atom. The molecule has 4 nitrogen and oxygen atoms in total. The van der Waals surface area contributed by atoms with E-state index in [1.807, 2.05) is 36.4 Å². The Labute approximate surface area is 126 Å². The van der Waals surface area contributed by atoms with Crippen molar-refractivity contribution < 1.29 is 13.7 Å². The zero-order chi connectivity index (χ0) is 14.8. The molecule has 0 aliphatic carbocycles. The summed E-state index contributed by atoms with van der Waals surface area (Å²) >= 11 is 0. The Kier molecular flexibility index (Phi) is 3.94. The molecule has 2 aromatic carbocycles. The van der Waals surface area contributed by atoms with Crippen molar-refractivity contribution in [2.75, 3.05) is 13.7 Å². The van der Waals surface area contributed by atoms with Gasteiger partial charge in [0.1, 0.15) is 18.1 Å². The Hall–Kier alpha value is -1.85. The molecule has 1 aliphatic rings. The van der Waals surface area contributed by atoms with Crippen LogP contribution in [-0.4, -0.2) is 23.2 Å². The summed E-state index contributed by atoms with van der Waals surface area (Å²) in [6.07, 6.45) is 0. The van der Waals surface area contributed by atoms with Gasteiger partial charge in [-0.25, -0.2) is 0 Å². The van der Waals surface area contributed by atoms with Gasteiger partial charge < -0.3 is 15.2 Å². The van der Waals surface area contributed by atoms with Crippen LogP contribution >= 0.6 is 0 Å². The van der Waals surface area contributed by atoms with Crippen molar-refractivity contribution in [2.45, 2.75) is 16.2 Å². The van der Waals surface area contributed by atoms with E-state index in [0.717, 1.165) is 22.0 Å². The average Bonchev–Trinajstić information content (AvgIpc) is 2.55. The van der Waals surface area contributed by atoms with E-state index in [1.54, 1.807) is 19.2 Å². The topological polar surface area (TPSA) is 61.5 Å². The fourth-order valence-corrected chi connectivity index (χ4v) is 3.80. The van der Waals surface area contributed by atoms with Crippen molar-refractivity contribution in [2.24, 2.45) is 5.73 Å². The second-order valence-corrected chi connectivity index (χ2v) is 6.56. The third-order valence-electron chi connectivity index (χ3n) is 3.65. The molecule has 0 aromatic heterocycles. The van der Waals surface area contributed by atoms with Crippen LogP contribution in [0.4, 0.5) is 0 Å². The van der Waals surface area contributed by atoms with E-state index in [2.05, 4.69) is 0 Å². The van der Waals surface area contributed by atoms with E-state index < -0.39 is 10.8 Å². The molecule has 3 atom stereocenters. The predicted octanol–water partition coefficient (Wildman–Crippen LogP) is 2.26. The molecule has 5 heteroatoms. The normalized spacial score (nSPS) is 22.0. The second-order valence-electron chi connectivity index (χ2n) is 4.89. The van der Waals surface area contributed by atoms with Crippen molar-refractivity contribution >= 4 is 10.8 Å². The van der Waals surface area contributed by atoms with E-state index in [9.17, 15) is 4.21 Å². The summed E-state index contributed by atoms with van der Waals surface area (Å²) in [4.78, 5) is 0.735. The highest BCUT2D eigenvalue weighted by atomic mass is 32.2. The second kappa shape index (κ2) is 5.87. The van der Waals surface area contributed by atoms with Crippen LogP contribution < -0.4 is 15.2 Å². The van der Waals surface area contributed by atoms with Crippen molar-refractivity contribution in [3.05, 3.63) is 54.1 Å². The van der Waals surface area contributed by atoms with E-state index >= 15 is 0 Å².